The van der Waals surface area contributed by atoms with Gasteiger partial charge in [-0.1, -0.05) is 36.4 Å². The fraction of sp³-hybridized carbons (Fsp3) is 0.286. The van der Waals surface area contributed by atoms with Crippen molar-refractivity contribution in [3.05, 3.63) is 95.3 Å². The van der Waals surface area contributed by atoms with Gasteiger partial charge in [0.05, 0.1) is 12.1 Å². The number of nitrogens with one attached hydrogen (secondary N) is 1. The lowest BCUT2D eigenvalue weighted by Crippen LogP contribution is -2.51. The number of halogens is 3. The third kappa shape index (κ3) is 5.91. The number of cyclic esters (lactones) is 1. The van der Waals surface area contributed by atoms with Gasteiger partial charge < -0.3 is 25.8 Å². The molecule has 38 heavy (non-hydrogen) atoms. The van der Waals surface area contributed by atoms with Crippen molar-refractivity contribution in [2.45, 2.75) is 37.5 Å². The maximum atomic E-state index is 14.2. The Morgan fingerprint density at radius 3 is 2.34 bits per heavy atom. The van der Waals surface area contributed by atoms with E-state index in [1.807, 2.05) is 6.92 Å². The summed E-state index contributed by atoms with van der Waals surface area (Å²) in [5, 5.41) is 12.9. The molecule has 3 amide bonds. The standard InChI is InChI=1S/C28H28F3N3O4/c1-17(18-2-4-19(5-3-18)24-11-10-22(30)14-25(24)31)34-13-12-28(38-27(34)37,15-23(35)16-33-26(32)36)20-6-8-21(29)9-7-20/h2-11,14,17,23,35H,12-13,15-16H2,1H3,(H3,32,33,36)/t17-,23?,28?/m0/s1. The average molecular weight is 528 g/mol. The average Bonchev–Trinajstić information content (AvgIpc) is 2.88. The van der Waals surface area contributed by atoms with Crippen LogP contribution in [0.15, 0.2) is 66.7 Å². The number of hydrogen-bond donors (Lipinski definition) is 3. The molecule has 0 spiro atoms. The highest BCUT2D eigenvalue weighted by Gasteiger charge is 2.44. The maximum Gasteiger partial charge on any atom is 0.411 e. The van der Waals surface area contributed by atoms with Gasteiger partial charge in [0, 0.05) is 37.6 Å². The Balaban J connectivity index is 1.52. The molecular weight excluding hydrogens is 499 g/mol. The number of aliphatic hydroxyl groups excluding tert-OH is 1. The number of amides is 3. The highest BCUT2D eigenvalue weighted by molar-refractivity contribution is 5.72. The highest BCUT2D eigenvalue weighted by Crippen LogP contribution is 2.40. The molecule has 0 bridgehead atoms. The van der Waals surface area contributed by atoms with Crippen LogP contribution in [0.2, 0.25) is 0 Å². The molecule has 1 aliphatic rings. The summed E-state index contributed by atoms with van der Waals surface area (Å²) in [5.74, 6) is -1.79. The molecule has 10 heteroatoms. The van der Waals surface area contributed by atoms with Gasteiger partial charge in [-0.3, -0.25) is 0 Å². The van der Waals surface area contributed by atoms with Crippen LogP contribution in [0.3, 0.4) is 0 Å². The molecule has 3 atom stereocenters. The molecule has 3 aromatic rings. The van der Waals surface area contributed by atoms with Crippen molar-refractivity contribution in [1.29, 1.82) is 0 Å². The summed E-state index contributed by atoms with van der Waals surface area (Å²) in [6.07, 6.45) is -1.45. The first-order valence-electron chi connectivity index (χ1n) is 12.1. The minimum absolute atomic E-state index is 0.0369. The Morgan fingerprint density at radius 2 is 1.74 bits per heavy atom. The van der Waals surface area contributed by atoms with Crippen molar-refractivity contribution >= 4 is 12.1 Å². The number of carbonyl (C=O) groups is 2. The smallest absolute Gasteiger partial charge is 0.411 e. The molecule has 4 N–H and O–H groups in total. The predicted octanol–water partition coefficient (Wildman–Crippen LogP) is 4.99. The number of benzene rings is 3. The summed E-state index contributed by atoms with van der Waals surface area (Å²) < 4.78 is 47.0. The van der Waals surface area contributed by atoms with Gasteiger partial charge in [0.15, 0.2) is 0 Å². The Morgan fingerprint density at radius 1 is 1.08 bits per heavy atom. The summed E-state index contributed by atoms with van der Waals surface area (Å²) in [6, 6.07) is 14.6. The number of carbonyl (C=O) groups excluding carboxylic acids is 2. The van der Waals surface area contributed by atoms with Crippen LogP contribution in [0.25, 0.3) is 11.1 Å². The van der Waals surface area contributed by atoms with Gasteiger partial charge in [-0.05, 0) is 47.9 Å². The molecule has 4 rings (SSSR count). The largest absolute Gasteiger partial charge is 0.438 e. The molecule has 1 fully saturated rings. The molecule has 200 valence electrons. The summed E-state index contributed by atoms with van der Waals surface area (Å²) in [7, 11) is 0. The number of urea groups is 1. The summed E-state index contributed by atoms with van der Waals surface area (Å²) >= 11 is 0. The zero-order valence-corrected chi connectivity index (χ0v) is 20.7. The molecule has 1 aliphatic heterocycles. The van der Waals surface area contributed by atoms with E-state index in [1.54, 1.807) is 24.3 Å². The van der Waals surface area contributed by atoms with Gasteiger partial charge >= 0.3 is 12.1 Å². The lowest BCUT2D eigenvalue weighted by atomic mass is 9.83. The van der Waals surface area contributed by atoms with E-state index >= 15 is 0 Å². The quantitative estimate of drug-likeness (QED) is 0.384. The number of ether oxygens (including phenoxy) is 1. The molecule has 0 aromatic heterocycles. The number of nitrogens with two attached hydrogens (primary N) is 1. The van der Waals surface area contributed by atoms with Gasteiger partial charge in [0.25, 0.3) is 0 Å². The van der Waals surface area contributed by atoms with E-state index in [1.165, 1.54) is 41.3 Å². The molecule has 1 heterocycles. The molecular formula is C28H28F3N3O4. The van der Waals surface area contributed by atoms with Crippen LogP contribution in [0.1, 0.15) is 36.9 Å². The molecule has 0 saturated carbocycles. The second-order valence-corrected chi connectivity index (χ2v) is 9.34. The van der Waals surface area contributed by atoms with Crippen molar-refractivity contribution in [1.82, 2.24) is 10.2 Å². The summed E-state index contributed by atoms with van der Waals surface area (Å²) in [5.41, 5.74) is 5.96. The monoisotopic (exact) mass is 527 g/mol. The predicted molar refractivity (Wildman–Crippen MR) is 134 cm³/mol. The van der Waals surface area contributed by atoms with Crippen LogP contribution in [-0.2, 0) is 10.3 Å². The maximum absolute atomic E-state index is 14.2. The number of hydrogen-bond acceptors (Lipinski definition) is 4. The third-order valence-electron chi connectivity index (χ3n) is 6.82. The first-order chi connectivity index (χ1) is 18.1. The molecule has 0 aliphatic carbocycles. The number of primary amides is 1. The second-order valence-electron chi connectivity index (χ2n) is 9.34. The minimum atomic E-state index is -1.25. The Kier molecular flexibility index (Phi) is 7.91. The molecule has 2 unspecified atom stereocenters. The van der Waals surface area contributed by atoms with Crippen LogP contribution in [0, 0.1) is 17.5 Å². The van der Waals surface area contributed by atoms with Crippen LogP contribution < -0.4 is 11.1 Å². The summed E-state index contributed by atoms with van der Waals surface area (Å²) in [4.78, 5) is 25.8. The van der Waals surface area contributed by atoms with E-state index in [-0.39, 0.29) is 25.1 Å². The third-order valence-corrected chi connectivity index (χ3v) is 6.82. The molecule has 7 nitrogen and oxygen atoms in total. The Hall–Kier alpha value is -4.05. The first-order valence-corrected chi connectivity index (χ1v) is 12.1. The lowest BCUT2D eigenvalue weighted by Gasteiger charge is -2.44. The fourth-order valence-corrected chi connectivity index (χ4v) is 4.76. The van der Waals surface area contributed by atoms with Crippen LogP contribution in [0.4, 0.5) is 22.8 Å². The SMILES string of the molecule is C[C@@H](c1ccc(-c2ccc(F)cc2F)cc1)N1CCC(CC(O)CNC(N)=O)(c2ccc(F)cc2)OC1=O. The lowest BCUT2D eigenvalue weighted by molar-refractivity contribution is -0.0831. The van der Waals surface area contributed by atoms with Crippen molar-refractivity contribution in [2.24, 2.45) is 5.73 Å². The Labute approximate surface area is 218 Å². The van der Waals surface area contributed by atoms with Gasteiger partial charge in [-0.2, -0.15) is 0 Å². The van der Waals surface area contributed by atoms with Crippen molar-refractivity contribution in [2.75, 3.05) is 13.1 Å². The minimum Gasteiger partial charge on any atom is -0.438 e. The van der Waals surface area contributed by atoms with E-state index < -0.39 is 47.3 Å². The van der Waals surface area contributed by atoms with Crippen LogP contribution in [-0.4, -0.2) is 41.3 Å². The van der Waals surface area contributed by atoms with Crippen LogP contribution >= 0.6 is 0 Å². The van der Waals surface area contributed by atoms with Gasteiger partial charge in [-0.15, -0.1) is 0 Å². The van der Waals surface area contributed by atoms with E-state index in [9.17, 15) is 27.9 Å². The molecule has 0 radical (unpaired) electrons. The van der Waals surface area contributed by atoms with E-state index in [0.717, 1.165) is 11.6 Å². The molecule has 3 aromatic carbocycles. The van der Waals surface area contributed by atoms with E-state index in [0.29, 0.717) is 17.5 Å². The highest BCUT2D eigenvalue weighted by atomic mass is 19.1. The second kappa shape index (κ2) is 11.1. The first kappa shape index (κ1) is 27.0. The normalized spacial score (nSPS) is 19.0. The topological polar surface area (TPSA) is 105 Å². The number of rotatable bonds is 8. The Bertz CT molecular complexity index is 1300. The van der Waals surface area contributed by atoms with Gasteiger partial charge in [-0.25, -0.2) is 22.8 Å². The van der Waals surface area contributed by atoms with Gasteiger partial charge in [0.1, 0.15) is 23.1 Å². The van der Waals surface area contributed by atoms with Crippen molar-refractivity contribution < 1.29 is 32.6 Å². The zero-order chi connectivity index (χ0) is 27.4. The summed E-state index contributed by atoms with van der Waals surface area (Å²) in [6.45, 7) is 1.95. The fourth-order valence-electron chi connectivity index (χ4n) is 4.76. The number of aliphatic hydroxyl groups is 1. The van der Waals surface area contributed by atoms with E-state index in [4.69, 9.17) is 10.5 Å². The van der Waals surface area contributed by atoms with E-state index in [2.05, 4.69) is 5.32 Å². The van der Waals surface area contributed by atoms with Gasteiger partial charge in [0.2, 0.25) is 0 Å². The van der Waals surface area contributed by atoms with Crippen molar-refractivity contribution in [3.63, 3.8) is 0 Å². The molecule has 1 saturated heterocycles. The number of nitrogens with zero attached hydrogens (tertiary/aromatic N) is 1. The zero-order valence-electron chi connectivity index (χ0n) is 20.7. The van der Waals surface area contributed by atoms with Crippen molar-refractivity contribution in [3.8, 4) is 11.1 Å². The van der Waals surface area contributed by atoms with Crippen LogP contribution in [0.5, 0.6) is 0 Å².